The highest BCUT2D eigenvalue weighted by molar-refractivity contribution is 5.65. The first-order valence-electron chi connectivity index (χ1n) is 4.81. The molecule has 0 spiro atoms. The van der Waals surface area contributed by atoms with Crippen molar-refractivity contribution in [1.82, 2.24) is 5.32 Å². The van der Waals surface area contributed by atoms with Crippen molar-refractivity contribution < 1.29 is 15.0 Å². The molecule has 4 heteroatoms. The number of amides is 1. The maximum Gasteiger partial charge on any atom is 0.404 e. The number of hydrogen-bond donors (Lipinski definition) is 3. The predicted molar refractivity (Wildman–Crippen MR) is 56.8 cm³/mol. The molecule has 1 rings (SSSR count). The van der Waals surface area contributed by atoms with Crippen LogP contribution in [0.15, 0.2) is 30.3 Å². The maximum atomic E-state index is 10.5. The van der Waals surface area contributed by atoms with Gasteiger partial charge in [-0.1, -0.05) is 30.3 Å². The lowest BCUT2D eigenvalue weighted by Gasteiger charge is -2.19. The van der Waals surface area contributed by atoms with Gasteiger partial charge in [-0.25, -0.2) is 4.79 Å². The average molecular weight is 209 g/mol. The molecule has 0 heterocycles. The Bertz CT molecular complexity index is 311. The third-order valence-electron chi connectivity index (χ3n) is 2.19. The second-order valence-corrected chi connectivity index (χ2v) is 3.49. The van der Waals surface area contributed by atoms with Crippen LogP contribution in [0.5, 0.6) is 0 Å². The normalized spacial score (nSPS) is 14.3. The van der Waals surface area contributed by atoms with Crippen LogP contribution in [0.25, 0.3) is 0 Å². The van der Waals surface area contributed by atoms with Crippen LogP contribution in [-0.4, -0.2) is 28.5 Å². The standard InChI is InChI=1S/C11H15NO3/c1-8(13)10(12-11(14)15)7-9-5-3-2-4-6-9/h2-6,8,10,12-13H,7H2,1H3,(H,14,15)/t8?,10-/m1/s1. The number of hydrogen-bond acceptors (Lipinski definition) is 2. The van der Waals surface area contributed by atoms with Crippen LogP contribution >= 0.6 is 0 Å². The van der Waals surface area contributed by atoms with Crippen molar-refractivity contribution in [3.8, 4) is 0 Å². The van der Waals surface area contributed by atoms with E-state index < -0.39 is 18.2 Å². The summed E-state index contributed by atoms with van der Waals surface area (Å²) in [5.74, 6) is 0. The summed E-state index contributed by atoms with van der Waals surface area (Å²) in [6.45, 7) is 1.57. The van der Waals surface area contributed by atoms with Gasteiger partial charge in [0.25, 0.3) is 0 Å². The Morgan fingerprint density at radius 1 is 1.40 bits per heavy atom. The molecule has 1 amide bonds. The van der Waals surface area contributed by atoms with Gasteiger partial charge in [-0.05, 0) is 18.9 Å². The number of aliphatic hydroxyl groups excluding tert-OH is 1. The van der Waals surface area contributed by atoms with Gasteiger partial charge in [0.05, 0.1) is 12.1 Å². The highest BCUT2D eigenvalue weighted by atomic mass is 16.4. The van der Waals surface area contributed by atoms with Crippen LogP contribution in [0.4, 0.5) is 4.79 Å². The monoisotopic (exact) mass is 209 g/mol. The van der Waals surface area contributed by atoms with Gasteiger partial charge in [-0.15, -0.1) is 0 Å². The fraction of sp³-hybridized carbons (Fsp3) is 0.364. The van der Waals surface area contributed by atoms with Crippen LogP contribution in [-0.2, 0) is 6.42 Å². The predicted octanol–water partition coefficient (Wildman–Crippen LogP) is 1.25. The van der Waals surface area contributed by atoms with Crippen LogP contribution in [0, 0.1) is 0 Å². The summed E-state index contributed by atoms with van der Waals surface area (Å²) in [6, 6.07) is 9.00. The topological polar surface area (TPSA) is 69.6 Å². The third-order valence-corrected chi connectivity index (χ3v) is 2.19. The van der Waals surface area contributed by atoms with Crippen LogP contribution in [0.3, 0.4) is 0 Å². The molecule has 82 valence electrons. The minimum Gasteiger partial charge on any atom is -0.465 e. The maximum absolute atomic E-state index is 10.5. The fourth-order valence-electron chi connectivity index (χ4n) is 1.37. The molecule has 15 heavy (non-hydrogen) atoms. The molecule has 0 saturated heterocycles. The first-order chi connectivity index (χ1) is 7.09. The summed E-state index contributed by atoms with van der Waals surface area (Å²) < 4.78 is 0. The fourth-order valence-corrected chi connectivity index (χ4v) is 1.37. The van der Waals surface area contributed by atoms with Crippen LogP contribution < -0.4 is 5.32 Å². The number of aliphatic hydroxyl groups is 1. The van der Waals surface area contributed by atoms with Gasteiger partial charge in [0.2, 0.25) is 0 Å². The number of benzene rings is 1. The minimum absolute atomic E-state index is 0.468. The molecule has 0 fully saturated rings. The van der Waals surface area contributed by atoms with Crippen molar-refractivity contribution in [2.24, 2.45) is 0 Å². The van der Waals surface area contributed by atoms with E-state index in [9.17, 15) is 9.90 Å². The van der Waals surface area contributed by atoms with Gasteiger partial charge >= 0.3 is 6.09 Å². The lowest BCUT2D eigenvalue weighted by Crippen LogP contribution is -2.42. The zero-order valence-electron chi connectivity index (χ0n) is 8.55. The van der Waals surface area contributed by atoms with E-state index in [-0.39, 0.29) is 0 Å². The number of rotatable bonds is 4. The van der Waals surface area contributed by atoms with Gasteiger partial charge < -0.3 is 15.5 Å². The van der Waals surface area contributed by atoms with E-state index in [4.69, 9.17) is 5.11 Å². The summed E-state index contributed by atoms with van der Waals surface area (Å²) in [7, 11) is 0. The van der Waals surface area contributed by atoms with E-state index in [0.717, 1.165) is 5.56 Å². The Balaban J connectivity index is 2.63. The van der Waals surface area contributed by atoms with Gasteiger partial charge in [0, 0.05) is 0 Å². The molecule has 2 atom stereocenters. The Morgan fingerprint density at radius 2 is 2.00 bits per heavy atom. The Hall–Kier alpha value is -1.55. The summed E-state index contributed by atoms with van der Waals surface area (Å²) in [6.07, 6.45) is -1.33. The Labute approximate surface area is 88.6 Å². The first kappa shape index (κ1) is 11.5. The summed E-state index contributed by atoms with van der Waals surface area (Å²) >= 11 is 0. The molecular formula is C11H15NO3. The lowest BCUT2D eigenvalue weighted by atomic mass is 10.0. The van der Waals surface area contributed by atoms with Gasteiger partial charge in [-0.2, -0.15) is 0 Å². The van der Waals surface area contributed by atoms with E-state index in [1.807, 2.05) is 30.3 Å². The SMILES string of the molecule is CC(O)[C@@H](Cc1ccccc1)NC(=O)O. The van der Waals surface area contributed by atoms with Crippen molar-refractivity contribution in [3.63, 3.8) is 0 Å². The molecule has 0 aliphatic carbocycles. The first-order valence-corrected chi connectivity index (χ1v) is 4.81. The third kappa shape index (κ3) is 3.99. The zero-order chi connectivity index (χ0) is 11.3. The van der Waals surface area contributed by atoms with E-state index in [0.29, 0.717) is 6.42 Å². The number of nitrogens with one attached hydrogen (secondary N) is 1. The van der Waals surface area contributed by atoms with Crippen molar-refractivity contribution in [2.45, 2.75) is 25.5 Å². The van der Waals surface area contributed by atoms with Crippen molar-refractivity contribution in [1.29, 1.82) is 0 Å². The minimum atomic E-state index is -1.11. The molecule has 0 aromatic heterocycles. The molecule has 1 aromatic rings. The summed E-state index contributed by atoms with van der Waals surface area (Å²) in [4.78, 5) is 10.5. The second kappa shape index (κ2) is 5.36. The zero-order valence-corrected chi connectivity index (χ0v) is 8.55. The van der Waals surface area contributed by atoms with E-state index in [1.165, 1.54) is 0 Å². The molecule has 4 nitrogen and oxygen atoms in total. The van der Waals surface area contributed by atoms with Gasteiger partial charge in [-0.3, -0.25) is 0 Å². The van der Waals surface area contributed by atoms with E-state index >= 15 is 0 Å². The number of carbonyl (C=O) groups is 1. The highest BCUT2D eigenvalue weighted by Crippen LogP contribution is 2.05. The molecule has 1 unspecified atom stereocenters. The van der Waals surface area contributed by atoms with E-state index in [1.54, 1.807) is 6.92 Å². The van der Waals surface area contributed by atoms with Crippen LogP contribution in [0.2, 0.25) is 0 Å². The summed E-state index contributed by atoms with van der Waals surface area (Å²) in [5.41, 5.74) is 0.997. The molecule has 0 aliphatic rings. The molecule has 1 aromatic carbocycles. The molecule has 0 bridgehead atoms. The van der Waals surface area contributed by atoms with Crippen molar-refractivity contribution in [3.05, 3.63) is 35.9 Å². The highest BCUT2D eigenvalue weighted by Gasteiger charge is 2.17. The molecule has 0 radical (unpaired) electrons. The lowest BCUT2D eigenvalue weighted by molar-refractivity contribution is 0.133. The summed E-state index contributed by atoms with van der Waals surface area (Å²) in [5, 5.41) is 20.3. The largest absolute Gasteiger partial charge is 0.465 e. The smallest absolute Gasteiger partial charge is 0.404 e. The molecule has 3 N–H and O–H groups in total. The van der Waals surface area contributed by atoms with Gasteiger partial charge in [0.15, 0.2) is 0 Å². The quantitative estimate of drug-likeness (QED) is 0.699. The van der Waals surface area contributed by atoms with Crippen molar-refractivity contribution in [2.75, 3.05) is 0 Å². The van der Waals surface area contributed by atoms with Crippen molar-refractivity contribution >= 4 is 6.09 Å². The average Bonchev–Trinajstić information content (AvgIpc) is 2.17. The second-order valence-electron chi connectivity index (χ2n) is 3.49. The number of carboxylic acid groups (broad SMARTS) is 1. The molecule has 0 saturated carbocycles. The Morgan fingerprint density at radius 3 is 2.47 bits per heavy atom. The van der Waals surface area contributed by atoms with Crippen LogP contribution in [0.1, 0.15) is 12.5 Å². The Kier molecular flexibility index (Phi) is 4.12. The van der Waals surface area contributed by atoms with Gasteiger partial charge in [0.1, 0.15) is 0 Å². The molecule has 0 aliphatic heterocycles. The van der Waals surface area contributed by atoms with E-state index in [2.05, 4.69) is 5.32 Å². The molecular weight excluding hydrogens is 194 g/mol.